The van der Waals surface area contributed by atoms with Gasteiger partial charge in [0.05, 0.1) is 25.6 Å². The maximum atomic E-state index is 12.4. The summed E-state index contributed by atoms with van der Waals surface area (Å²) in [5.41, 5.74) is 7.33. The highest BCUT2D eigenvalue weighted by Crippen LogP contribution is 2.22. The molecule has 224 valence electrons. The number of hydrazone groups is 2. The maximum Gasteiger partial charge on any atom is 0.271 e. The molecule has 0 radical (unpaired) electrons. The summed E-state index contributed by atoms with van der Waals surface area (Å²) in [5.74, 6) is 0.124. The largest absolute Gasteiger partial charge is 0.458 e. The molecule has 0 spiro atoms. The number of rotatable bonds is 10. The van der Waals surface area contributed by atoms with Gasteiger partial charge in [0.15, 0.2) is 0 Å². The van der Waals surface area contributed by atoms with E-state index in [9.17, 15) is 9.59 Å². The zero-order valence-electron chi connectivity index (χ0n) is 23.1. The Labute approximate surface area is 263 Å². The minimum atomic E-state index is -0.877. The smallest absolute Gasteiger partial charge is 0.271 e. The first-order valence-electron chi connectivity index (χ1n) is 13.4. The fourth-order valence-electron chi connectivity index (χ4n) is 3.86. The average Bonchev–Trinajstić information content (AvgIpc) is 3.04. The Morgan fingerprint density at radius 1 is 0.614 bits per heavy atom. The van der Waals surface area contributed by atoms with Gasteiger partial charge in [-0.15, -0.1) is 0 Å². The van der Waals surface area contributed by atoms with Crippen LogP contribution in [-0.4, -0.2) is 50.0 Å². The monoisotopic (exact) mass is 632 g/mol. The molecule has 1 saturated heterocycles. The van der Waals surface area contributed by atoms with Crippen molar-refractivity contribution in [1.82, 2.24) is 10.9 Å². The van der Waals surface area contributed by atoms with Crippen LogP contribution < -0.4 is 20.3 Å². The number of nitrogens with zero attached hydrogens (tertiary/aromatic N) is 2. The molecule has 4 aromatic carbocycles. The first kappa shape index (κ1) is 30.7. The molecule has 1 aliphatic rings. The summed E-state index contributed by atoms with van der Waals surface area (Å²) in [6, 6.07) is 27.0. The van der Waals surface area contributed by atoms with E-state index in [2.05, 4.69) is 21.1 Å². The Morgan fingerprint density at radius 2 is 0.977 bits per heavy atom. The highest BCUT2D eigenvalue weighted by Gasteiger charge is 2.31. The van der Waals surface area contributed by atoms with Gasteiger partial charge in [0.2, 0.25) is 0 Å². The number of carbonyl (C=O) groups is 2. The standard InChI is InChI=1S/C32H26Cl2N4O6/c33-25-9-1-21(2-10-25)19-35-37-29(39)23-5-13-27(14-6-23)43-31-32(42-18-17-41-31)44-28-15-7-24(8-16-28)30(40)38-36-20-22-3-11-26(34)12-4-22/h1-16,19-20,31-32H,17-18H2,(H,37,39)(H,38,40)/b35-19-,36-20-/t31-,32-/m0/s1. The summed E-state index contributed by atoms with van der Waals surface area (Å²) in [7, 11) is 0. The summed E-state index contributed by atoms with van der Waals surface area (Å²) >= 11 is 11.7. The number of carbonyl (C=O) groups excluding carboxylic acids is 2. The molecular formula is C32H26Cl2N4O6. The summed E-state index contributed by atoms with van der Waals surface area (Å²) in [6.45, 7) is 0.624. The molecule has 1 fully saturated rings. The molecule has 0 bridgehead atoms. The van der Waals surface area contributed by atoms with E-state index < -0.39 is 12.6 Å². The number of ether oxygens (including phenoxy) is 4. The van der Waals surface area contributed by atoms with E-state index in [4.69, 9.17) is 42.1 Å². The first-order chi connectivity index (χ1) is 21.4. The second-order valence-electron chi connectivity index (χ2n) is 9.26. The van der Waals surface area contributed by atoms with Crippen LogP contribution in [-0.2, 0) is 9.47 Å². The van der Waals surface area contributed by atoms with Gasteiger partial charge in [-0.3, -0.25) is 9.59 Å². The topological polar surface area (TPSA) is 120 Å². The summed E-state index contributed by atoms with van der Waals surface area (Å²) in [4.78, 5) is 24.9. The minimum absolute atomic E-state index is 0.312. The van der Waals surface area contributed by atoms with Crippen molar-refractivity contribution < 1.29 is 28.5 Å². The fraction of sp³-hybridized carbons (Fsp3) is 0.125. The van der Waals surface area contributed by atoms with Crippen LogP contribution in [0.2, 0.25) is 10.0 Å². The highest BCUT2D eigenvalue weighted by atomic mass is 35.5. The van der Waals surface area contributed by atoms with Crippen molar-refractivity contribution in [3.05, 3.63) is 129 Å². The van der Waals surface area contributed by atoms with Gasteiger partial charge in [-0.25, -0.2) is 10.9 Å². The molecule has 2 amide bonds. The molecule has 5 rings (SSSR count). The van der Waals surface area contributed by atoms with E-state index in [0.29, 0.717) is 45.9 Å². The number of halogens is 2. The van der Waals surface area contributed by atoms with Crippen molar-refractivity contribution in [1.29, 1.82) is 0 Å². The van der Waals surface area contributed by atoms with E-state index in [0.717, 1.165) is 11.1 Å². The molecule has 10 nitrogen and oxygen atoms in total. The van der Waals surface area contributed by atoms with Gasteiger partial charge in [-0.05, 0) is 83.9 Å². The van der Waals surface area contributed by atoms with Crippen molar-refractivity contribution >= 4 is 47.4 Å². The van der Waals surface area contributed by atoms with Crippen LogP contribution in [0.15, 0.2) is 107 Å². The van der Waals surface area contributed by atoms with Crippen molar-refractivity contribution in [2.24, 2.45) is 10.2 Å². The van der Waals surface area contributed by atoms with E-state index >= 15 is 0 Å². The molecule has 1 heterocycles. The van der Waals surface area contributed by atoms with Crippen LogP contribution in [0.1, 0.15) is 31.8 Å². The van der Waals surface area contributed by atoms with Crippen molar-refractivity contribution in [3.8, 4) is 11.5 Å². The van der Waals surface area contributed by atoms with Gasteiger partial charge in [0.1, 0.15) is 11.5 Å². The van der Waals surface area contributed by atoms with Gasteiger partial charge < -0.3 is 18.9 Å². The molecule has 4 aromatic rings. The number of hydrogen-bond acceptors (Lipinski definition) is 8. The molecule has 2 atom stereocenters. The van der Waals surface area contributed by atoms with Crippen LogP contribution in [0.4, 0.5) is 0 Å². The lowest BCUT2D eigenvalue weighted by Crippen LogP contribution is -2.45. The van der Waals surface area contributed by atoms with Gasteiger partial charge in [0, 0.05) is 21.2 Å². The number of hydrogen-bond donors (Lipinski definition) is 2. The molecule has 2 N–H and O–H groups in total. The SMILES string of the molecule is O=C(N/N=C\c1ccc(Cl)cc1)c1ccc(O[C@@H]2OCCO[C@H]2Oc2ccc(C(=O)N/N=C\c3ccc(Cl)cc3)cc2)cc1. The number of amides is 2. The van der Waals surface area contributed by atoms with Crippen LogP contribution in [0.25, 0.3) is 0 Å². The van der Waals surface area contributed by atoms with Gasteiger partial charge in [0.25, 0.3) is 24.4 Å². The van der Waals surface area contributed by atoms with Crippen molar-refractivity contribution in [2.75, 3.05) is 13.2 Å². The van der Waals surface area contributed by atoms with Crippen LogP contribution in [0.3, 0.4) is 0 Å². The fourth-order valence-corrected chi connectivity index (χ4v) is 4.11. The molecule has 0 unspecified atom stereocenters. The second kappa shape index (κ2) is 15.1. The van der Waals surface area contributed by atoms with E-state index in [1.165, 1.54) is 12.4 Å². The molecule has 0 aliphatic carbocycles. The normalized spacial score (nSPS) is 16.5. The van der Waals surface area contributed by atoms with E-state index in [1.807, 2.05) is 0 Å². The Morgan fingerprint density at radius 3 is 1.34 bits per heavy atom. The third-order valence-electron chi connectivity index (χ3n) is 6.11. The lowest BCUT2D eigenvalue weighted by Gasteiger charge is -2.31. The Hall–Kier alpha value is -4.74. The van der Waals surface area contributed by atoms with Gasteiger partial charge >= 0.3 is 0 Å². The molecule has 0 saturated carbocycles. The zero-order chi connectivity index (χ0) is 30.7. The predicted octanol–water partition coefficient (Wildman–Crippen LogP) is 5.68. The van der Waals surface area contributed by atoms with Gasteiger partial charge in [-0.2, -0.15) is 10.2 Å². The summed E-state index contributed by atoms with van der Waals surface area (Å²) < 4.78 is 23.3. The Kier molecular flexibility index (Phi) is 10.6. The molecule has 1 aliphatic heterocycles. The van der Waals surface area contributed by atoms with Crippen LogP contribution in [0.5, 0.6) is 11.5 Å². The summed E-state index contributed by atoms with van der Waals surface area (Å²) in [5, 5.41) is 9.17. The van der Waals surface area contributed by atoms with Crippen molar-refractivity contribution in [2.45, 2.75) is 12.6 Å². The molecule has 12 heteroatoms. The minimum Gasteiger partial charge on any atom is -0.458 e. The Bertz CT molecular complexity index is 1490. The average molecular weight is 633 g/mol. The second-order valence-corrected chi connectivity index (χ2v) is 10.1. The third-order valence-corrected chi connectivity index (χ3v) is 6.61. The van der Waals surface area contributed by atoms with Crippen LogP contribution in [0, 0.1) is 0 Å². The lowest BCUT2D eigenvalue weighted by atomic mass is 10.2. The van der Waals surface area contributed by atoms with Crippen LogP contribution >= 0.6 is 23.2 Å². The van der Waals surface area contributed by atoms with E-state index in [-0.39, 0.29) is 11.8 Å². The Balaban J connectivity index is 1.12. The number of nitrogens with one attached hydrogen (secondary N) is 2. The molecule has 0 aromatic heterocycles. The first-order valence-corrected chi connectivity index (χ1v) is 14.1. The third kappa shape index (κ3) is 8.88. The molecule has 44 heavy (non-hydrogen) atoms. The lowest BCUT2D eigenvalue weighted by molar-refractivity contribution is -0.271. The predicted molar refractivity (Wildman–Crippen MR) is 167 cm³/mol. The zero-order valence-corrected chi connectivity index (χ0v) is 24.6. The number of benzene rings is 4. The van der Waals surface area contributed by atoms with Gasteiger partial charge in [-0.1, -0.05) is 47.5 Å². The maximum absolute atomic E-state index is 12.4. The quantitative estimate of drug-likeness (QED) is 0.171. The van der Waals surface area contributed by atoms with Crippen molar-refractivity contribution in [3.63, 3.8) is 0 Å². The van der Waals surface area contributed by atoms with E-state index in [1.54, 1.807) is 97.1 Å². The molecular weight excluding hydrogens is 607 g/mol. The summed E-state index contributed by atoms with van der Waals surface area (Å²) in [6.07, 6.45) is 1.29. The highest BCUT2D eigenvalue weighted by molar-refractivity contribution is 6.30.